The number of ketones is 1. The molecule has 1 saturated carbocycles. The fourth-order valence-electron chi connectivity index (χ4n) is 3.78. The Labute approximate surface area is 237 Å². The predicted molar refractivity (Wildman–Crippen MR) is 150 cm³/mol. The van der Waals surface area contributed by atoms with E-state index in [1.807, 2.05) is 37.7 Å². The summed E-state index contributed by atoms with van der Waals surface area (Å²) in [5, 5.41) is 4.76. The molecule has 1 fully saturated rings. The summed E-state index contributed by atoms with van der Waals surface area (Å²) in [5.74, 6) is 0.210. The first-order chi connectivity index (χ1) is 18.0. The van der Waals surface area contributed by atoms with E-state index in [9.17, 15) is 22.4 Å². The molecule has 0 aliphatic heterocycles. The van der Waals surface area contributed by atoms with E-state index >= 15 is 0 Å². The highest BCUT2D eigenvalue weighted by atomic mass is 35.5. The van der Waals surface area contributed by atoms with Crippen molar-refractivity contribution >= 4 is 29.1 Å². The third-order valence-electron chi connectivity index (χ3n) is 6.07. The number of nitrogens with zero attached hydrogens (tertiary/aromatic N) is 4. The van der Waals surface area contributed by atoms with E-state index in [-0.39, 0.29) is 36.3 Å². The Morgan fingerprint density at radius 1 is 1.15 bits per heavy atom. The Morgan fingerprint density at radius 3 is 2.21 bits per heavy atom. The van der Waals surface area contributed by atoms with Crippen molar-refractivity contribution in [2.24, 2.45) is 11.8 Å². The van der Waals surface area contributed by atoms with E-state index in [1.165, 1.54) is 42.0 Å². The van der Waals surface area contributed by atoms with E-state index in [0.717, 1.165) is 29.5 Å². The molecular formula is C28H37ClF4N4OS. The molecule has 0 saturated heterocycles. The van der Waals surface area contributed by atoms with Gasteiger partial charge in [0.05, 0.1) is 12.4 Å². The number of thioether (sulfide) groups is 1. The highest BCUT2D eigenvalue weighted by Gasteiger charge is 2.35. The fraction of sp³-hybridized carbons (Fsp3) is 0.500. The van der Waals surface area contributed by atoms with Gasteiger partial charge in [0.25, 0.3) is 0 Å². The topological polar surface area (TPSA) is 60.7 Å². The van der Waals surface area contributed by atoms with Crippen LogP contribution in [0.2, 0.25) is 5.15 Å². The number of aromatic nitrogens is 4. The second-order valence-electron chi connectivity index (χ2n) is 8.77. The third kappa shape index (κ3) is 10.2. The van der Waals surface area contributed by atoms with Crippen LogP contribution >= 0.6 is 23.4 Å². The molecular weight excluding hydrogens is 552 g/mol. The first-order valence-corrected chi connectivity index (χ1v) is 13.8. The standard InChI is InChI=1S/C14H19FS.C11H8ClF3N4O.C2H6.CH4/c1-3-10(2)13-8-9-14(13)16-12-6-4-11(15)5-7-12;1-6(20)2-7-5-19(18-9(7)12)8-3-16-10(17-4-8)11(13,14)15;1-2;/h4-7,10,13-14H,3,8-9H2,1-2H3;3-5H,2H2,1H3;1-2H3;1H4. The summed E-state index contributed by atoms with van der Waals surface area (Å²) in [4.78, 5) is 18.7. The summed E-state index contributed by atoms with van der Waals surface area (Å²) in [5.41, 5.74) is 0.703. The lowest BCUT2D eigenvalue weighted by atomic mass is 9.75. The second kappa shape index (κ2) is 16.0. The highest BCUT2D eigenvalue weighted by molar-refractivity contribution is 8.00. The molecule has 0 N–H and O–H groups in total. The van der Waals surface area contributed by atoms with Crippen LogP contribution in [-0.4, -0.2) is 30.8 Å². The Bertz CT molecular complexity index is 1150. The van der Waals surface area contributed by atoms with Crippen LogP contribution in [0.5, 0.6) is 0 Å². The normalized spacial score (nSPS) is 16.9. The third-order valence-corrected chi connectivity index (χ3v) is 7.82. The number of hydrogen-bond acceptors (Lipinski definition) is 5. The molecule has 0 amide bonds. The van der Waals surface area contributed by atoms with Crippen molar-refractivity contribution in [2.45, 2.75) is 84.1 Å². The van der Waals surface area contributed by atoms with Crippen molar-refractivity contribution in [3.8, 4) is 5.69 Å². The molecule has 0 spiro atoms. The van der Waals surface area contributed by atoms with Crippen LogP contribution in [0.25, 0.3) is 5.69 Å². The molecule has 1 aromatic carbocycles. The van der Waals surface area contributed by atoms with Gasteiger partial charge in [-0.25, -0.2) is 19.0 Å². The van der Waals surface area contributed by atoms with E-state index < -0.39 is 12.0 Å². The summed E-state index contributed by atoms with van der Waals surface area (Å²) in [7, 11) is 0. The average Bonchev–Trinajstić information content (AvgIpc) is 3.23. The summed E-state index contributed by atoms with van der Waals surface area (Å²) in [6.07, 6.45) is 2.87. The second-order valence-corrected chi connectivity index (χ2v) is 10.4. The summed E-state index contributed by atoms with van der Waals surface area (Å²) < 4.78 is 51.0. The molecule has 5 nitrogen and oxygen atoms in total. The zero-order valence-corrected chi connectivity index (χ0v) is 23.7. The molecule has 0 bridgehead atoms. The highest BCUT2D eigenvalue weighted by Crippen LogP contribution is 2.45. The number of carbonyl (C=O) groups excluding carboxylic acids is 1. The maximum absolute atomic E-state index is 12.8. The molecule has 4 rings (SSSR count). The van der Waals surface area contributed by atoms with Crippen LogP contribution in [-0.2, 0) is 17.4 Å². The molecule has 39 heavy (non-hydrogen) atoms. The van der Waals surface area contributed by atoms with E-state index in [2.05, 4.69) is 28.9 Å². The minimum atomic E-state index is -4.60. The Balaban J connectivity index is 0.000000365. The molecule has 2 aromatic heterocycles. The average molecular weight is 589 g/mol. The number of alkyl halides is 3. The number of benzene rings is 1. The molecule has 1 aliphatic rings. The van der Waals surface area contributed by atoms with Crippen LogP contribution in [0.15, 0.2) is 47.8 Å². The van der Waals surface area contributed by atoms with Crippen molar-refractivity contribution < 1.29 is 22.4 Å². The number of hydrogen-bond donors (Lipinski definition) is 0. The fourth-order valence-corrected chi connectivity index (χ4v) is 5.45. The molecule has 11 heteroatoms. The lowest BCUT2D eigenvalue weighted by Crippen LogP contribution is -2.33. The summed E-state index contributed by atoms with van der Waals surface area (Å²) in [6.45, 7) is 10.0. The minimum Gasteiger partial charge on any atom is -0.300 e. The van der Waals surface area contributed by atoms with Gasteiger partial charge in [0, 0.05) is 28.3 Å². The summed E-state index contributed by atoms with van der Waals surface area (Å²) >= 11 is 7.76. The van der Waals surface area contributed by atoms with E-state index in [1.54, 1.807) is 12.1 Å². The predicted octanol–water partition coefficient (Wildman–Crippen LogP) is 8.87. The van der Waals surface area contributed by atoms with Crippen molar-refractivity contribution in [3.05, 3.63) is 65.2 Å². The molecule has 3 unspecified atom stereocenters. The van der Waals surface area contributed by atoms with Crippen molar-refractivity contribution in [3.63, 3.8) is 0 Å². The van der Waals surface area contributed by atoms with Crippen molar-refractivity contribution in [2.75, 3.05) is 0 Å². The zero-order valence-electron chi connectivity index (χ0n) is 22.1. The minimum absolute atomic E-state index is 0. The first-order valence-electron chi connectivity index (χ1n) is 12.5. The Hall–Kier alpha value is -2.46. The first kappa shape index (κ1) is 34.6. The van der Waals surface area contributed by atoms with Crippen LogP contribution in [0.1, 0.15) is 72.7 Å². The molecule has 216 valence electrons. The number of Topliss-reactive ketones (excluding diaryl/α,β-unsaturated/α-hetero) is 1. The number of halogens is 5. The molecule has 1 aliphatic carbocycles. The van der Waals surface area contributed by atoms with Gasteiger partial charge in [0.1, 0.15) is 17.3 Å². The monoisotopic (exact) mass is 588 g/mol. The van der Waals surface area contributed by atoms with Crippen LogP contribution in [0, 0.1) is 17.7 Å². The molecule has 3 atom stereocenters. The summed E-state index contributed by atoms with van der Waals surface area (Å²) in [6, 6.07) is 6.90. The van der Waals surface area contributed by atoms with Gasteiger partial charge in [-0.3, -0.25) is 4.79 Å². The zero-order chi connectivity index (χ0) is 28.5. The SMILES string of the molecule is C.CC.CC(=O)Cc1cn(-c2cnc(C(F)(F)F)nc2)nc1Cl.CCC(C)C1CCC1Sc1ccc(F)cc1. The van der Waals surface area contributed by atoms with Gasteiger partial charge in [-0.1, -0.05) is 53.1 Å². The quantitative estimate of drug-likeness (QED) is 0.258. The number of carbonyl (C=O) groups is 1. The Kier molecular flexibility index (Phi) is 14.1. The van der Waals surface area contributed by atoms with E-state index in [0.29, 0.717) is 5.56 Å². The van der Waals surface area contributed by atoms with Gasteiger partial charge in [0.15, 0.2) is 5.15 Å². The van der Waals surface area contributed by atoms with Crippen molar-refractivity contribution in [1.82, 2.24) is 19.7 Å². The largest absolute Gasteiger partial charge is 0.451 e. The lowest BCUT2D eigenvalue weighted by molar-refractivity contribution is -0.145. The van der Waals surface area contributed by atoms with Crippen LogP contribution in [0.4, 0.5) is 17.6 Å². The molecule has 3 aromatic rings. The Morgan fingerprint density at radius 2 is 1.74 bits per heavy atom. The van der Waals surface area contributed by atoms with Gasteiger partial charge >= 0.3 is 6.18 Å². The maximum Gasteiger partial charge on any atom is 0.451 e. The van der Waals surface area contributed by atoms with Gasteiger partial charge in [0.2, 0.25) is 5.82 Å². The molecule has 2 heterocycles. The van der Waals surface area contributed by atoms with Gasteiger partial charge in [-0.15, -0.1) is 11.8 Å². The van der Waals surface area contributed by atoms with E-state index in [4.69, 9.17) is 11.6 Å². The smallest absolute Gasteiger partial charge is 0.300 e. The van der Waals surface area contributed by atoms with Crippen LogP contribution < -0.4 is 0 Å². The lowest BCUT2D eigenvalue weighted by Gasteiger charge is -2.40. The van der Waals surface area contributed by atoms with Gasteiger partial charge in [-0.2, -0.15) is 18.3 Å². The molecule has 0 radical (unpaired) electrons. The van der Waals surface area contributed by atoms with Gasteiger partial charge < -0.3 is 0 Å². The van der Waals surface area contributed by atoms with Gasteiger partial charge in [-0.05, 0) is 55.9 Å². The van der Waals surface area contributed by atoms with Crippen molar-refractivity contribution in [1.29, 1.82) is 0 Å². The van der Waals surface area contributed by atoms with Crippen LogP contribution in [0.3, 0.4) is 0 Å². The maximum atomic E-state index is 12.8. The number of rotatable bonds is 7.